The van der Waals surface area contributed by atoms with Crippen LogP contribution in [0.25, 0.3) is 0 Å². The smallest absolute Gasteiger partial charge is 0.237 e. The zero-order valence-corrected chi connectivity index (χ0v) is 10.6. The predicted molar refractivity (Wildman–Crippen MR) is 68.9 cm³/mol. The van der Waals surface area contributed by atoms with Gasteiger partial charge < -0.3 is 10.6 Å². The van der Waals surface area contributed by atoms with Crippen molar-refractivity contribution in [2.45, 2.75) is 25.9 Å². The molecule has 1 saturated heterocycles. The van der Waals surface area contributed by atoms with Crippen molar-refractivity contribution in [1.29, 1.82) is 0 Å². The highest BCUT2D eigenvalue weighted by atomic mass is 35.5. The van der Waals surface area contributed by atoms with E-state index in [1.165, 1.54) is 0 Å². The lowest BCUT2D eigenvalue weighted by Gasteiger charge is -2.29. The molecule has 2 N–H and O–H groups in total. The molecule has 3 nitrogen and oxygen atoms in total. The molecule has 0 spiro atoms. The molecular formula is C13H17ClN2O. The van der Waals surface area contributed by atoms with Crippen LogP contribution >= 0.6 is 11.6 Å². The quantitative estimate of drug-likeness (QED) is 0.864. The van der Waals surface area contributed by atoms with Crippen molar-refractivity contribution in [3.8, 4) is 0 Å². The Morgan fingerprint density at radius 2 is 2.12 bits per heavy atom. The molecule has 1 aliphatic rings. The van der Waals surface area contributed by atoms with E-state index in [2.05, 4.69) is 17.6 Å². The van der Waals surface area contributed by atoms with E-state index in [0.717, 1.165) is 23.6 Å². The monoisotopic (exact) mass is 252 g/mol. The summed E-state index contributed by atoms with van der Waals surface area (Å²) < 4.78 is 0. The summed E-state index contributed by atoms with van der Waals surface area (Å²) in [4.78, 5) is 11.7. The second-order valence-electron chi connectivity index (χ2n) is 4.54. The van der Waals surface area contributed by atoms with Crippen LogP contribution in [0.15, 0.2) is 24.3 Å². The molecule has 1 aromatic carbocycles. The van der Waals surface area contributed by atoms with Gasteiger partial charge in [-0.3, -0.25) is 4.79 Å². The first-order valence-electron chi connectivity index (χ1n) is 5.92. The molecule has 0 aliphatic carbocycles. The van der Waals surface area contributed by atoms with Gasteiger partial charge in [-0.15, -0.1) is 0 Å². The highest BCUT2D eigenvalue weighted by molar-refractivity contribution is 6.30. The minimum atomic E-state index is -0.0839. The Hall–Kier alpha value is -1.06. The van der Waals surface area contributed by atoms with E-state index >= 15 is 0 Å². The molecular weight excluding hydrogens is 236 g/mol. The lowest BCUT2D eigenvalue weighted by molar-refractivity contribution is -0.126. The van der Waals surface area contributed by atoms with Gasteiger partial charge in [0.25, 0.3) is 0 Å². The summed E-state index contributed by atoms with van der Waals surface area (Å²) in [7, 11) is 0. The maximum atomic E-state index is 11.7. The van der Waals surface area contributed by atoms with Gasteiger partial charge in [-0.2, -0.15) is 0 Å². The molecule has 1 aromatic rings. The van der Waals surface area contributed by atoms with Gasteiger partial charge in [0, 0.05) is 18.1 Å². The van der Waals surface area contributed by atoms with Crippen molar-refractivity contribution in [1.82, 2.24) is 10.6 Å². The van der Waals surface area contributed by atoms with Gasteiger partial charge in [0.1, 0.15) is 0 Å². The second-order valence-corrected chi connectivity index (χ2v) is 4.98. The molecule has 0 saturated carbocycles. The van der Waals surface area contributed by atoms with Gasteiger partial charge in [0.2, 0.25) is 5.91 Å². The molecule has 2 unspecified atom stereocenters. The highest BCUT2D eigenvalue weighted by Crippen LogP contribution is 2.14. The van der Waals surface area contributed by atoms with Crippen LogP contribution < -0.4 is 10.6 Å². The number of benzene rings is 1. The van der Waals surface area contributed by atoms with Crippen LogP contribution in [0, 0.1) is 5.92 Å². The van der Waals surface area contributed by atoms with Crippen molar-refractivity contribution in [3.63, 3.8) is 0 Å². The van der Waals surface area contributed by atoms with Gasteiger partial charge in [0.15, 0.2) is 0 Å². The molecule has 0 radical (unpaired) electrons. The average molecular weight is 253 g/mol. The molecule has 2 rings (SSSR count). The maximum absolute atomic E-state index is 11.7. The van der Waals surface area contributed by atoms with E-state index in [1.807, 2.05) is 24.3 Å². The second kappa shape index (κ2) is 5.52. The third-order valence-corrected chi connectivity index (χ3v) is 3.44. The summed E-state index contributed by atoms with van der Waals surface area (Å²) >= 11 is 5.82. The van der Waals surface area contributed by atoms with E-state index in [1.54, 1.807) is 0 Å². The van der Waals surface area contributed by atoms with Crippen LogP contribution in [0.4, 0.5) is 0 Å². The Kier molecular flexibility index (Phi) is 4.02. The summed E-state index contributed by atoms with van der Waals surface area (Å²) in [6, 6.07) is 7.59. The van der Waals surface area contributed by atoms with Crippen molar-refractivity contribution in [3.05, 3.63) is 34.9 Å². The summed E-state index contributed by atoms with van der Waals surface area (Å²) in [5.74, 6) is 0.494. The SMILES string of the molecule is CC1CCNC(=O)C1NCc1ccc(Cl)cc1. The molecule has 17 heavy (non-hydrogen) atoms. The first-order chi connectivity index (χ1) is 8.16. The largest absolute Gasteiger partial charge is 0.355 e. The Morgan fingerprint density at radius 3 is 2.76 bits per heavy atom. The zero-order valence-electron chi connectivity index (χ0n) is 9.87. The molecule has 1 heterocycles. The molecule has 4 heteroatoms. The molecule has 0 aromatic heterocycles. The minimum Gasteiger partial charge on any atom is -0.355 e. The summed E-state index contributed by atoms with van der Waals surface area (Å²) in [5.41, 5.74) is 1.14. The first kappa shape index (κ1) is 12.4. The number of halogens is 1. The molecule has 1 amide bonds. The molecule has 0 bridgehead atoms. The molecule has 2 atom stereocenters. The lowest BCUT2D eigenvalue weighted by atomic mass is 9.94. The number of amides is 1. The van der Waals surface area contributed by atoms with E-state index in [-0.39, 0.29) is 11.9 Å². The van der Waals surface area contributed by atoms with Crippen LogP contribution in [-0.2, 0) is 11.3 Å². The normalized spacial score (nSPS) is 24.5. The number of carbonyl (C=O) groups is 1. The molecule has 92 valence electrons. The van der Waals surface area contributed by atoms with Gasteiger partial charge in [-0.05, 0) is 30.0 Å². The fourth-order valence-corrected chi connectivity index (χ4v) is 2.21. The fourth-order valence-electron chi connectivity index (χ4n) is 2.08. The van der Waals surface area contributed by atoms with Gasteiger partial charge in [-0.25, -0.2) is 0 Å². The first-order valence-corrected chi connectivity index (χ1v) is 6.30. The third kappa shape index (κ3) is 3.20. The third-order valence-electron chi connectivity index (χ3n) is 3.19. The highest BCUT2D eigenvalue weighted by Gasteiger charge is 2.27. The number of hydrogen-bond donors (Lipinski definition) is 2. The van der Waals surface area contributed by atoms with Crippen LogP contribution in [0.3, 0.4) is 0 Å². The van der Waals surface area contributed by atoms with Crippen molar-refractivity contribution >= 4 is 17.5 Å². The Morgan fingerprint density at radius 1 is 1.41 bits per heavy atom. The van der Waals surface area contributed by atoms with Crippen molar-refractivity contribution < 1.29 is 4.79 Å². The number of piperidine rings is 1. The maximum Gasteiger partial charge on any atom is 0.237 e. The Labute approximate surface area is 107 Å². The number of hydrogen-bond acceptors (Lipinski definition) is 2. The van der Waals surface area contributed by atoms with Crippen LogP contribution in [-0.4, -0.2) is 18.5 Å². The van der Waals surface area contributed by atoms with Gasteiger partial charge in [-0.1, -0.05) is 30.7 Å². The minimum absolute atomic E-state index is 0.0839. The van der Waals surface area contributed by atoms with Crippen LogP contribution in [0.2, 0.25) is 5.02 Å². The Balaban J connectivity index is 1.92. The summed E-state index contributed by atoms with van der Waals surface area (Å²) in [6.07, 6.45) is 1.03. The number of rotatable bonds is 3. The van der Waals surface area contributed by atoms with Crippen LogP contribution in [0.5, 0.6) is 0 Å². The lowest BCUT2D eigenvalue weighted by Crippen LogP contribution is -2.52. The zero-order chi connectivity index (χ0) is 12.3. The van der Waals surface area contributed by atoms with Crippen molar-refractivity contribution in [2.24, 2.45) is 5.92 Å². The van der Waals surface area contributed by atoms with E-state index in [0.29, 0.717) is 12.5 Å². The van der Waals surface area contributed by atoms with Gasteiger partial charge >= 0.3 is 0 Å². The number of nitrogens with one attached hydrogen (secondary N) is 2. The van der Waals surface area contributed by atoms with Crippen molar-refractivity contribution in [2.75, 3.05) is 6.54 Å². The van der Waals surface area contributed by atoms with E-state index in [9.17, 15) is 4.79 Å². The average Bonchev–Trinajstić information content (AvgIpc) is 2.31. The van der Waals surface area contributed by atoms with Gasteiger partial charge in [0.05, 0.1) is 6.04 Å². The summed E-state index contributed by atoms with van der Waals surface area (Å²) in [6.45, 7) is 3.59. The number of carbonyl (C=O) groups excluding carboxylic acids is 1. The molecule has 1 fully saturated rings. The standard InChI is InChI=1S/C13H17ClN2O/c1-9-6-7-15-13(17)12(9)16-8-10-2-4-11(14)5-3-10/h2-5,9,12,16H,6-8H2,1H3,(H,15,17). The summed E-state index contributed by atoms with van der Waals surface area (Å²) in [5, 5.41) is 6.92. The molecule has 1 aliphatic heterocycles. The predicted octanol–water partition coefficient (Wildman–Crippen LogP) is 1.95. The van der Waals surface area contributed by atoms with Crippen LogP contribution in [0.1, 0.15) is 18.9 Å². The van der Waals surface area contributed by atoms with E-state index < -0.39 is 0 Å². The van der Waals surface area contributed by atoms with E-state index in [4.69, 9.17) is 11.6 Å². The topological polar surface area (TPSA) is 41.1 Å². The Bertz CT molecular complexity index is 391. The fraction of sp³-hybridized carbons (Fsp3) is 0.462.